The maximum atomic E-state index is 10.8. The number of hydrogen-bond donors (Lipinski definition) is 3. The van der Waals surface area contributed by atoms with Crippen molar-refractivity contribution in [2.24, 2.45) is 10.7 Å². The van der Waals surface area contributed by atoms with Gasteiger partial charge in [0.2, 0.25) is 0 Å². The molecule has 0 bridgehead atoms. The SMILES string of the molecule is C=NC(N)N/C=C/C#Cc1cc(C(=O)O)ccc1C. The van der Waals surface area contributed by atoms with E-state index < -0.39 is 12.3 Å². The maximum absolute atomic E-state index is 10.8. The van der Waals surface area contributed by atoms with Crippen molar-refractivity contribution in [2.75, 3.05) is 0 Å². The first-order valence-corrected chi connectivity index (χ1v) is 5.52. The minimum absolute atomic E-state index is 0.217. The molecule has 5 heteroatoms. The van der Waals surface area contributed by atoms with Gasteiger partial charge in [0.15, 0.2) is 6.29 Å². The van der Waals surface area contributed by atoms with E-state index in [-0.39, 0.29) is 5.56 Å². The molecule has 1 atom stereocenters. The number of aromatic carboxylic acids is 1. The van der Waals surface area contributed by atoms with E-state index in [0.29, 0.717) is 5.56 Å². The van der Waals surface area contributed by atoms with Crippen molar-refractivity contribution in [3.8, 4) is 11.8 Å². The van der Waals surface area contributed by atoms with Gasteiger partial charge in [-0.05, 0) is 31.3 Å². The lowest BCUT2D eigenvalue weighted by molar-refractivity contribution is 0.0697. The molecule has 1 aromatic rings. The minimum atomic E-state index is -0.969. The Morgan fingerprint density at radius 3 is 3.00 bits per heavy atom. The Morgan fingerprint density at radius 1 is 1.63 bits per heavy atom. The molecule has 0 aliphatic carbocycles. The van der Waals surface area contributed by atoms with Crippen LogP contribution in [0.3, 0.4) is 0 Å². The first-order chi connectivity index (χ1) is 9.04. The van der Waals surface area contributed by atoms with E-state index in [4.69, 9.17) is 10.8 Å². The van der Waals surface area contributed by atoms with Gasteiger partial charge in [-0.15, -0.1) is 0 Å². The predicted octanol–water partition coefficient (Wildman–Crippen LogP) is 1.09. The molecule has 19 heavy (non-hydrogen) atoms. The summed E-state index contributed by atoms with van der Waals surface area (Å²) in [7, 11) is 0. The van der Waals surface area contributed by atoms with Crippen molar-refractivity contribution in [1.29, 1.82) is 0 Å². The topological polar surface area (TPSA) is 87.7 Å². The molecule has 0 radical (unpaired) electrons. The van der Waals surface area contributed by atoms with Crippen molar-refractivity contribution in [3.63, 3.8) is 0 Å². The molecule has 0 saturated carbocycles. The van der Waals surface area contributed by atoms with Crippen LogP contribution in [0.1, 0.15) is 21.5 Å². The van der Waals surface area contributed by atoms with Gasteiger partial charge in [0, 0.05) is 17.8 Å². The van der Waals surface area contributed by atoms with Crippen LogP contribution in [0, 0.1) is 18.8 Å². The number of rotatable bonds is 4. The number of nitrogens with one attached hydrogen (secondary N) is 1. The maximum Gasteiger partial charge on any atom is 0.335 e. The molecule has 0 aliphatic heterocycles. The van der Waals surface area contributed by atoms with Crippen LogP contribution in [0.15, 0.2) is 35.5 Å². The number of aryl methyl sites for hydroxylation is 1. The third kappa shape index (κ3) is 4.66. The fourth-order valence-electron chi connectivity index (χ4n) is 1.25. The van der Waals surface area contributed by atoms with E-state index in [9.17, 15) is 4.79 Å². The van der Waals surface area contributed by atoms with E-state index >= 15 is 0 Å². The van der Waals surface area contributed by atoms with Crippen LogP contribution in [0.2, 0.25) is 0 Å². The average Bonchev–Trinajstić information content (AvgIpc) is 2.39. The summed E-state index contributed by atoms with van der Waals surface area (Å²) in [6.07, 6.45) is 2.57. The van der Waals surface area contributed by atoms with Crippen LogP contribution in [0.25, 0.3) is 0 Å². The molecule has 0 aromatic heterocycles. The van der Waals surface area contributed by atoms with Crippen molar-refractivity contribution in [2.45, 2.75) is 13.2 Å². The summed E-state index contributed by atoms with van der Waals surface area (Å²) in [5.41, 5.74) is 7.25. The lowest BCUT2D eigenvalue weighted by atomic mass is 10.1. The fourth-order valence-corrected chi connectivity index (χ4v) is 1.25. The molecule has 4 N–H and O–H groups in total. The Hall–Kier alpha value is -2.58. The smallest absolute Gasteiger partial charge is 0.335 e. The molecular weight excluding hydrogens is 242 g/mol. The molecule has 1 unspecified atom stereocenters. The number of nitrogens with two attached hydrogens (primary N) is 1. The minimum Gasteiger partial charge on any atom is -0.478 e. The van der Waals surface area contributed by atoms with Gasteiger partial charge in [-0.1, -0.05) is 17.9 Å². The van der Waals surface area contributed by atoms with Gasteiger partial charge in [-0.25, -0.2) is 4.79 Å². The second-order valence-electron chi connectivity index (χ2n) is 3.73. The molecule has 0 fully saturated rings. The number of aliphatic imine (C=N–C) groups is 1. The van der Waals surface area contributed by atoms with Crippen molar-refractivity contribution in [3.05, 3.63) is 47.2 Å². The molecule has 1 rings (SSSR count). The summed E-state index contributed by atoms with van der Waals surface area (Å²) < 4.78 is 0. The van der Waals surface area contributed by atoms with Gasteiger partial charge >= 0.3 is 5.97 Å². The fraction of sp³-hybridized carbons (Fsp3) is 0.143. The van der Waals surface area contributed by atoms with Crippen molar-refractivity contribution < 1.29 is 9.90 Å². The number of hydrogen-bond acceptors (Lipinski definition) is 4. The zero-order valence-electron chi connectivity index (χ0n) is 10.6. The van der Waals surface area contributed by atoms with Gasteiger partial charge in [-0.3, -0.25) is 10.7 Å². The highest BCUT2D eigenvalue weighted by Gasteiger charge is 2.03. The highest BCUT2D eigenvalue weighted by atomic mass is 16.4. The molecule has 0 heterocycles. The first-order valence-electron chi connectivity index (χ1n) is 5.52. The van der Waals surface area contributed by atoms with Crippen LogP contribution in [-0.4, -0.2) is 24.1 Å². The Balaban J connectivity index is 2.80. The third-order valence-electron chi connectivity index (χ3n) is 2.32. The summed E-state index contributed by atoms with van der Waals surface area (Å²) in [5.74, 6) is 4.69. The number of benzene rings is 1. The number of carbonyl (C=O) groups is 1. The standard InChI is InChI=1S/C14H15N3O2/c1-10-6-7-12(13(18)19)9-11(10)5-3-4-8-17-14(15)16-2/h4,6-9,14,17H,2,15H2,1H3,(H,18,19)/b8-4+. The molecule has 98 valence electrons. The Morgan fingerprint density at radius 2 is 2.37 bits per heavy atom. The summed E-state index contributed by atoms with van der Waals surface area (Å²) in [6, 6.07) is 4.82. The van der Waals surface area contributed by atoms with E-state index in [1.54, 1.807) is 30.5 Å². The zero-order chi connectivity index (χ0) is 14.3. The summed E-state index contributed by atoms with van der Waals surface area (Å²) in [6.45, 7) is 5.15. The molecular formula is C14H15N3O2. The number of nitrogens with zero attached hydrogens (tertiary/aromatic N) is 1. The van der Waals surface area contributed by atoms with E-state index in [1.165, 1.54) is 0 Å². The van der Waals surface area contributed by atoms with E-state index in [2.05, 4.69) is 28.9 Å². The first kappa shape index (κ1) is 14.5. The average molecular weight is 257 g/mol. The number of carboxylic acids is 1. The Kier molecular flexibility index (Phi) is 5.33. The van der Waals surface area contributed by atoms with Gasteiger partial charge in [0.1, 0.15) is 0 Å². The second-order valence-corrected chi connectivity index (χ2v) is 3.73. The molecule has 5 nitrogen and oxygen atoms in total. The highest BCUT2D eigenvalue weighted by Crippen LogP contribution is 2.09. The highest BCUT2D eigenvalue weighted by molar-refractivity contribution is 5.88. The number of allylic oxidation sites excluding steroid dienone is 1. The second kappa shape index (κ2) is 6.99. The van der Waals surface area contributed by atoms with E-state index in [0.717, 1.165) is 5.56 Å². The van der Waals surface area contributed by atoms with Crippen LogP contribution < -0.4 is 11.1 Å². The van der Waals surface area contributed by atoms with Gasteiger partial charge in [0.25, 0.3) is 0 Å². The zero-order valence-corrected chi connectivity index (χ0v) is 10.6. The van der Waals surface area contributed by atoms with Gasteiger partial charge in [0.05, 0.1) is 5.56 Å². The predicted molar refractivity (Wildman–Crippen MR) is 74.8 cm³/mol. The molecule has 1 aromatic carbocycles. The largest absolute Gasteiger partial charge is 0.478 e. The lowest BCUT2D eigenvalue weighted by Crippen LogP contribution is -2.30. The molecule has 0 aliphatic rings. The van der Waals surface area contributed by atoms with Crippen molar-refractivity contribution >= 4 is 12.7 Å². The van der Waals surface area contributed by atoms with E-state index in [1.807, 2.05) is 6.92 Å². The lowest BCUT2D eigenvalue weighted by Gasteiger charge is -2.02. The van der Waals surface area contributed by atoms with Crippen LogP contribution >= 0.6 is 0 Å². The van der Waals surface area contributed by atoms with Crippen LogP contribution in [0.5, 0.6) is 0 Å². The number of carboxylic acid groups (broad SMARTS) is 1. The molecule has 0 amide bonds. The normalized spacial score (nSPS) is 11.5. The van der Waals surface area contributed by atoms with Gasteiger partial charge < -0.3 is 10.4 Å². The van der Waals surface area contributed by atoms with Crippen LogP contribution in [0.4, 0.5) is 0 Å². The summed E-state index contributed by atoms with van der Waals surface area (Å²) in [5, 5.41) is 11.6. The third-order valence-corrected chi connectivity index (χ3v) is 2.32. The van der Waals surface area contributed by atoms with Crippen LogP contribution in [-0.2, 0) is 0 Å². The summed E-state index contributed by atoms with van der Waals surface area (Å²) in [4.78, 5) is 14.4. The molecule has 0 spiro atoms. The quantitative estimate of drug-likeness (QED) is 0.428. The Bertz CT molecular complexity index is 568. The van der Waals surface area contributed by atoms with Crippen molar-refractivity contribution in [1.82, 2.24) is 5.32 Å². The monoisotopic (exact) mass is 257 g/mol. The molecule has 0 saturated heterocycles. The van der Waals surface area contributed by atoms with Gasteiger partial charge in [-0.2, -0.15) is 0 Å². The summed E-state index contributed by atoms with van der Waals surface area (Å²) >= 11 is 0. The Labute approximate surface area is 111 Å².